The van der Waals surface area contributed by atoms with Crippen molar-refractivity contribution < 1.29 is 0 Å². The fourth-order valence-corrected chi connectivity index (χ4v) is 2.97. The minimum absolute atomic E-state index is 0. The van der Waals surface area contributed by atoms with E-state index in [1.807, 2.05) is 7.05 Å². The predicted molar refractivity (Wildman–Crippen MR) is 92.5 cm³/mol. The van der Waals surface area contributed by atoms with Crippen molar-refractivity contribution in [2.45, 2.75) is 51.0 Å². The van der Waals surface area contributed by atoms with E-state index in [1.54, 1.807) is 0 Å². The van der Waals surface area contributed by atoms with Crippen LogP contribution in [0.3, 0.4) is 0 Å². The Kier molecular flexibility index (Phi) is 8.77. The summed E-state index contributed by atoms with van der Waals surface area (Å²) in [6, 6.07) is 0.648. The van der Waals surface area contributed by atoms with Crippen LogP contribution in [0.25, 0.3) is 0 Å². The van der Waals surface area contributed by atoms with Gasteiger partial charge in [-0.05, 0) is 51.7 Å². The Morgan fingerprint density at radius 3 is 2.47 bits per heavy atom. The van der Waals surface area contributed by atoms with Crippen LogP contribution in [0, 0.1) is 0 Å². The van der Waals surface area contributed by atoms with Gasteiger partial charge in [-0.2, -0.15) is 0 Å². The van der Waals surface area contributed by atoms with Crippen LogP contribution in [0.15, 0.2) is 4.99 Å². The Bertz CT molecular complexity index is 258. The predicted octanol–water partition coefficient (Wildman–Crippen LogP) is 2.20. The molecule has 0 unspecified atom stereocenters. The number of guanidine groups is 1. The van der Waals surface area contributed by atoms with Crippen molar-refractivity contribution in [3.63, 3.8) is 0 Å². The lowest BCUT2D eigenvalue weighted by molar-refractivity contribution is 0.334. The lowest BCUT2D eigenvalue weighted by atomic mass is 10.2. The molecule has 4 nitrogen and oxygen atoms in total. The normalized spacial score (nSPS) is 21.4. The Morgan fingerprint density at radius 1 is 1.16 bits per heavy atom. The molecule has 0 bridgehead atoms. The number of hydrogen-bond acceptors (Lipinski definition) is 2. The van der Waals surface area contributed by atoms with E-state index >= 15 is 0 Å². The Hall–Kier alpha value is -0.0400. The first-order chi connectivity index (χ1) is 8.88. The van der Waals surface area contributed by atoms with Crippen molar-refractivity contribution in [3.05, 3.63) is 0 Å². The van der Waals surface area contributed by atoms with Crippen molar-refractivity contribution in [2.24, 2.45) is 4.99 Å². The van der Waals surface area contributed by atoms with Crippen LogP contribution in [0.4, 0.5) is 0 Å². The van der Waals surface area contributed by atoms with Gasteiger partial charge in [-0.1, -0.05) is 12.8 Å². The molecule has 5 heteroatoms. The van der Waals surface area contributed by atoms with Gasteiger partial charge in [0, 0.05) is 19.6 Å². The van der Waals surface area contributed by atoms with Crippen molar-refractivity contribution in [3.8, 4) is 0 Å². The maximum atomic E-state index is 4.30. The standard InChI is InChI=1S/C14H28N4.HI/c1-15-14(17-13-7-2-3-8-13)16-9-6-12-18-10-4-5-11-18;/h13H,2-12H2,1H3,(H2,15,16,17);1H. The molecule has 0 amide bonds. The van der Waals surface area contributed by atoms with Crippen LogP contribution in [-0.2, 0) is 0 Å². The first-order valence-electron chi connectivity index (χ1n) is 7.58. The summed E-state index contributed by atoms with van der Waals surface area (Å²) in [5, 5.41) is 6.95. The van der Waals surface area contributed by atoms with Crippen molar-refractivity contribution in [2.75, 3.05) is 33.2 Å². The highest BCUT2D eigenvalue weighted by Crippen LogP contribution is 2.17. The number of halogens is 1. The summed E-state index contributed by atoms with van der Waals surface area (Å²) in [4.78, 5) is 6.87. The molecular weight excluding hydrogens is 351 g/mol. The molecule has 0 spiro atoms. The van der Waals surface area contributed by atoms with E-state index < -0.39 is 0 Å². The Labute approximate surface area is 134 Å². The quantitative estimate of drug-likeness (QED) is 0.333. The van der Waals surface area contributed by atoms with Gasteiger partial charge < -0.3 is 15.5 Å². The van der Waals surface area contributed by atoms with Crippen LogP contribution >= 0.6 is 24.0 Å². The van der Waals surface area contributed by atoms with E-state index in [-0.39, 0.29) is 24.0 Å². The van der Waals surface area contributed by atoms with E-state index in [0.29, 0.717) is 6.04 Å². The van der Waals surface area contributed by atoms with Crippen molar-refractivity contribution in [1.29, 1.82) is 0 Å². The fraction of sp³-hybridized carbons (Fsp3) is 0.929. The summed E-state index contributed by atoms with van der Waals surface area (Å²) in [7, 11) is 1.87. The smallest absolute Gasteiger partial charge is 0.191 e. The lowest BCUT2D eigenvalue weighted by Crippen LogP contribution is -2.43. The average Bonchev–Trinajstić information content (AvgIpc) is 3.06. The van der Waals surface area contributed by atoms with Crippen LogP contribution < -0.4 is 10.6 Å². The molecule has 0 aromatic carbocycles. The first kappa shape index (κ1) is 17.0. The molecule has 0 radical (unpaired) electrons. The maximum absolute atomic E-state index is 4.30. The molecule has 2 aliphatic rings. The van der Waals surface area contributed by atoms with E-state index in [1.165, 1.54) is 64.6 Å². The first-order valence-corrected chi connectivity index (χ1v) is 7.58. The lowest BCUT2D eigenvalue weighted by Gasteiger charge is -2.18. The number of hydrogen-bond donors (Lipinski definition) is 2. The molecule has 1 saturated heterocycles. The highest BCUT2D eigenvalue weighted by Gasteiger charge is 2.15. The van der Waals surface area contributed by atoms with Crippen LogP contribution in [0.5, 0.6) is 0 Å². The van der Waals surface area contributed by atoms with Gasteiger partial charge in [-0.25, -0.2) is 0 Å². The average molecular weight is 380 g/mol. The third-order valence-electron chi connectivity index (χ3n) is 4.06. The summed E-state index contributed by atoms with van der Waals surface area (Å²) in [5.74, 6) is 0.989. The number of nitrogens with one attached hydrogen (secondary N) is 2. The van der Waals surface area contributed by atoms with E-state index in [0.717, 1.165) is 12.5 Å². The van der Waals surface area contributed by atoms with E-state index in [9.17, 15) is 0 Å². The molecular formula is C14H29IN4. The molecule has 19 heavy (non-hydrogen) atoms. The molecule has 1 aliphatic heterocycles. The zero-order valence-corrected chi connectivity index (χ0v) is 14.5. The van der Waals surface area contributed by atoms with Crippen molar-refractivity contribution in [1.82, 2.24) is 15.5 Å². The summed E-state index contributed by atoms with van der Waals surface area (Å²) in [6.45, 7) is 4.86. The van der Waals surface area contributed by atoms with E-state index in [4.69, 9.17) is 0 Å². The molecule has 1 heterocycles. The van der Waals surface area contributed by atoms with Gasteiger partial charge in [-0.3, -0.25) is 4.99 Å². The molecule has 0 aromatic heterocycles. The topological polar surface area (TPSA) is 39.7 Å². The minimum atomic E-state index is 0. The molecule has 0 aromatic rings. The van der Waals surface area contributed by atoms with Crippen LogP contribution in [0.2, 0.25) is 0 Å². The molecule has 2 fully saturated rings. The SMILES string of the molecule is CN=C(NCCCN1CCCC1)NC1CCCC1.I. The molecule has 0 atom stereocenters. The Morgan fingerprint density at radius 2 is 1.84 bits per heavy atom. The van der Waals surface area contributed by atoms with Gasteiger partial charge in [0.05, 0.1) is 0 Å². The highest BCUT2D eigenvalue weighted by atomic mass is 127. The molecule has 1 saturated carbocycles. The number of nitrogens with zero attached hydrogens (tertiary/aromatic N) is 2. The second-order valence-corrected chi connectivity index (χ2v) is 5.53. The van der Waals surface area contributed by atoms with Crippen LogP contribution in [-0.4, -0.2) is 50.1 Å². The summed E-state index contributed by atoms with van der Waals surface area (Å²) < 4.78 is 0. The monoisotopic (exact) mass is 380 g/mol. The van der Waals surface area contributed by atoms with E-state index in [2.05, 4.69) is 20.5 Å². The zero-order chi connectivity index (χ0) is 12.6. The summed E-state index contributed by atoms with van der Waals surface area (Å²) >= 11 is 0. The zero-order valence-electron chi connectivity index (χ0n) is 12.2. The second kappa shape index (κ2) is 9.80. The van der Waals surface area contributed by atoms with Gasteiger partial charge in [0.15, 0.2) is 5.96 Å². The van der Waals surface area contributed by atoms with Gasteiger partial charge in [0.2, 0.25) is 0 Å². The van der Waals surface area contributed by atoms with Crippen LogP contribution in [0.1, 0.15) is 44.9 Å². The van der Waals surface area contributed by atoms with Crippen molar-refractivity contribution >= 4 is 29.9 Å². The van der Waals surface area contributed by atoms with Gasteiger partial charge in [-0.15, -0.1) is 24.0 Å². The Balaban J connectivity index is 0.00000180. The summed E-state index contributed by atoms with van der Waals surface area (Å²) in [5.41, 5.74) is 0. The third-order valence-corrected chi connectivity index (χ3v) is 4.06. The minimum Gasteiger partial charge on any atom is -0.356 e. The van der Waals surface area contributed by atoms with Gasteiger partial charge >= 0.3 is 0 Å². The number of likely N-dealkylation sites (tertiary alicyclic amines) is 1. The molecule has 112 valence electrons. The largest absolute Gasteiger partial charge is 0.356 e. The van der Waals surface area contributed by atoms with Gasteiger partial charge in [0.25, 0.3) is 0 Å². The molecule has 2 rings (SSSR count). The number of rotatable bonds is 5. The fourth-order valence-electron chi connectivity index (χ4n) is 2.97. The second-order valence-electron chi connectivity index (χ2n) is 5.53. The highest BCUT2D eigenvalue weighted by molar-refractivity contribution is 14.0. The third kappa shape index (κ3) is 6.29. The van der Waals surface area contributed by atoms with Gasteiger partial charge in [0.1, 0.15) is 0 Å². The summed E-state index contributed by atoms with van der Waals surface area (Å²) in [6.07, 6.45) is 9.32. The number of aliphatic imine (C=N–C) groups is 1. The molecule has 1 aliphatic carbocycles. The maximum Gasteiger partial charge on any atom is 0.191 e. The molecule has 2 N–H and O–H groups in total.